The summed E-state index contributed by atoms with van der Waals surface area (Å²) in [4.78, 5) is 23.1. The standard InChI is InChI=1S/C22H25NO5/c1-15-4-7-18(20(11-15)28-14-19-3-2-10-27-19)13-23-21(24)12-16-5-8-17(9-6-16)22(25)26/h4-9,11,19H,2-3,10,12-14H2,1H3,(H,23,24)(H,25,26). The first-order valence-corrected chi connectivity index (χ1v) is 9.44. The van der Waals surface area contributed by atoms with Crippen molar-refractivity contribution in [2.24, 2.45) is 0 Å². The molecule has 1 fully saturated rings. The summed E-state index contributed by atoms with van der Waals surface area (Å²) in [5.41, 5.74) is 2.98. The molecule has 1 aliphatic rings. The highest BCUT2D eigenvalue weighted by molar-refractivity contribution is 5.87. The van der Waals surface area contributed by atoms with E-state index in [0.29, 0.717) is 13.2 Å². The van der Waals surface area contributed by atoms with E-state index in [1.165, 1.54) is 12.1 Å². The maximum Gasteiger partial charge on any atom is 0.335 e. The third kappa shape index (κ3) is 5.57. The summed E-state index contributed by atoms with van der Waals surface area (Å²) < 4.78 is 11.6. The number of carboxylic acids is 1. The number of ether oxygens (including phenoxy) is 2. The van der Waals surface area contributed by atoms with Gasteiger partial charge in [-0.05, 0) is 49.1 Å². The van der Waals surface area contributed by atoms with Crippen LogP contribution >= 0.6 is 0 Å². The quantitative estimate of drug-likeness (QED) is 0.732. The summed E-state index contributed by atoms with van der Waals surface area (Å²) in [5.74, 6) is -0.346. The van der Waals surface area contributed by atoms with Crippen LogP contribution in [0.15, 0.2) is 42.5 Å². The number of carbonyl (C=O) groups excluding carboxylic acids is 1. The molecular formula is C22H25NO5. The molecule has 148 valence electrons. The van der Waals surface area contributed by atoms with E-state index < -0.39 is 5.97 Å². The zero-order valence-electron chi connectivity index (χ0n) is 15.9. The smallest absolute Gasteiger partial charge is 0.335 e. The van der Waals surface area contributed by atoms with Gasteiger partial charge in [0.2, 0.25) is 5.91 Å². The average Bonchev–Trinajstić information content (AvgIpc) is 3.19. The summed E-state index contributed by atoms with van der Waals surface area (Å²) in [6.45, 7) is 3.67. The molecule has 2 aromatic rings. The Balaban J connectivity index is 1.55. The number of hydrogen-bond donors (Lipinski definition) is 2. The Bertz CT molecular complexity index is 825. The van der Waals surface area contributed by atoms with Crippen molar-refractivity contribution < 1.29 is 24.2 Å². The van der Waals surface area contributed by atoms with Crippen molar-refractivity contribution in [3.05, 3.63) is 64.7 Å². The Kier molecular flexibility index (Phi) is 6.66. The van der Waals surface area contributed by atoms with Gasteiger partial charge >= 0.3 is 5.97 Å². The third-order valence-corrected chi connectivity index (χ3v) is 4.71. The minimum atomic E-state index is -0.981. The zero-order valence-corrected chi connectivity index (χ0v) is 15.9. The fraction of sp³-hybridized carbons (Fsp3) is 0.364. The van der Waals surface area contributed by atoms with Crippen LogP contribution < -0.4 is 10.1 Å². The fourth-order valence-corrected chi connectivity index (χ4v) is 3.11. The van der Waals surface area contributed by atoms with Crippen molar-refractivity contribution in [3.63, 3.8) is 0 Å². The largest absolute Gasteiger partial charge is 0.491 e. The monoisotopic (exact) mass is 383 g/mol. The highest BCUT2D eigenvalue weighted by atomic mass is 16.5. The molecule has 1 amide bonds. The van der Waals surface area contributed by atoms with Crippen molar-refractivity contribution >= 4 is 11.9 Å². The summed E-state index contributed by atoms with van der Waals surface area (Å²) in [6.07, 6.45) is 2.41. The molecule has 0 radical (unpaired) electrons. The first kappa shape index (κ1) is 19.9. The van der Waals surface area contributed by atoms with Gasteiger partial charge in [0.05, 0.1) is 18.1 Å². The SMILES string of the molecule is Cc1ccc(CNC(=O)Cc2ccc(C(=O)O)cc2)c(OCC2CCCO2)c1. The lowest BCUT2D eigenvalue weighted by atomic mass is 10.1. The Morgan fingerprint density at radius 3 is 2.68 bits per heavy atom. The molecule has 6 heteroatoms. The minimum absolute atomic E-state index is 0.131. The molecule has 0 aromatic heterocycles. The normalized spacial score (nSPS) is 16.0. The lowest BCUT2D eigenvalue weighted by molar-refractivity contribution is -0.120. The zero-order chi connectivity index (χ0) is 19.9. The maximum atomic E-state index is 12.3. The number of rotatable bonds is 8. The second-order valence-corrected chi connectivity index (χ2v) is 7.01. The molecule has 1 aliphatic heterocycles. The summed E-state index contributed by atoms with van der Waals surface area (Å²) in [6, 6.07) is 12.2. The molecule has 2 N–H and O–H groups in total. The van der Waals surface area contributed by atoms with E-state index in [0.717, 1.165) is 41.9 Å². The van der Waals surface area contributed by atoms with Crippen LogP contribution in [0.3, 0.4) is 0 Å². The molecule has 0 aliphatic carbocycles. The summed E-state index contributed by atoms with van der Waals surface area (Å²) in [7, 11) is 0. The topological polar surface area (TPSA) is 84.9 Å². The molecule has 28 heavy (non-hydrogen) atoms. The van der Waals surface area contributed by atoms with Crippen molar-refractivity contribution in [1.29, 1.82) is 0 Å². The van der Waals surface area contributed by atoms with Crippen molar-refractivity contribution in [3.8, 4) is 5.75 Å². The van der Waals surface area contributed by atoms with Gasteiger partial charge < -0.3 is 19.9 Å². The van der Waals surface area contributed by atoms with Gasteiger partial charge in [0.25, 0.3) is 0 Å². The molecule has 6 nitrogen and oxygen atoms in total. The fourth-order valence-electron chi connectivity index (χ4n) is 3.11. The van der Waals surface area contributed by atoms with Crippen LogP contribution in [0, 0.1) is 6.92 Å². The highest BCUT2D eigenvalue weighted by Gasteiger charge is 2.17. The first-order chi connectivity index (χ1) is 13.5. The number of aryl methyl sites for hydroxylation is 1. The van der Waals surface area contributed by atoms with E-state index >= 15 is 0 Å². The molecule has 0 saturated carbocycles. The molecule has 2 aromatic carbocycles. The Morgan fingerprint density at radius 2 is 2.00 bits per heavy atom. The molecule has 0 spiro atoms. The van der Waals surface area contributed by atoms with Crippen LogP contribution in [-0.4, -0.2) is 36.3 Å². The molecule has 3 rings (SSSR count). The number of carboxylic acid groups (broad SMARTS) is 1. The van der Waals surface area contributed by atoms with Gasteiger partial charge in [0.1, 0.15) is 12.4 Å². The summed E-state index contributed by atoms with van der Waals surface area (Å²) in [5, 5.41) is 11.8. The summed E-state index contributed by atoms with van der Waals surface area (Å²) >= 11 is 0. The molecular weight excluding hydrogens is 358 g/mol. The average molecular weight is 383 g/mol. The van der Waals surface area contributed by atoms with E-state index in [9.17, 15) is 9.59 Å². The van der Waals surface area contributed by atoms with Crippen LogP contribution in [0.4, 0.5) is 0 Å². The maximum absolute atomic E-state index is 12.3. The lowest BCUT2D eigenvalue weighted by Gasteiger charge is -2.16. The van der Waals surface area contributed by atoms with Gasteiger partial charge in [-0.1, -0.05) is 24.3 Å². The predicted molar refractivity (Wildman–Crippen MR) is 105 cm³/mol. The van der Waals surface area contributed by atoms with Gasteiger partial charge in [0.15, 0.2) is 0 Å². The van der Waals surface area contributed by atoms with Gasteiger partial charge in [-0.25, -0.2) is 4.79 Å². The van der Waals surface area contributed by atoms with Crippen LogP contribution in [0.1, 0.15) is 39.9 Å². The number of amides is 1. The molecule has 1 unspecified atom stereocenters. The van der Waals surface area contributed by atoms with Gasteiger partial charge in [-0.2, -0.15) is 0 Å². The van der Waals surface area contributed by atoms with Gasteiger partial charge in [-0.15, -0.1) is 0 Å². The van der Waals surface area contributed by atoms with Crippen LogP contribution in [0.25, 0.3) is 0 Å². The van der Waals surface area contributed by atoms with Crippen molar-refractivity contribution in [2.75, 3.05) is 13.2 Å². The van der Waals surface area contributed by atoms with Crippen LogP contribution in [0.2, 0.25) is 0 Å². The third-order valence-electron chi connectivity index (χ3n) is 4.71. The van der Waals surface area contributed by atoms with E-state index in [2.05, 4.69) is 5.32 Å². The Labute approximate surface area is 164 Å². The molecule has 1 saturated heterocycles. The van der Waals surface area contributed by atoms with Gasteiger partial charge in [0, 0.05) is 18.7 Å². The van der Waals surface area contributed by atoms with Gasteiger partial charge in [-0.3, -0.25) is 4.79 Å². The highest BCUT2D eigenvalue weighted by Crippen LogP contribution is 2.22. The number of carbonyl (C=O) groups is 2. The van der Waals surface area contributed by atoms with E-state index in [1.54, 1.807) is 12.1 Å². The first-order valence-electron chi connectivity index (χ1n) is 9.44. The van der Waals surface area contributed by atoms with Crippen LogP contribution in [0.5, 0.6) is 5.75 Å². The van der Waals surface area contributed by atoms with Crippen LogP contribution in [-0.2, 0) is 22.5 Å². The molecule has 1 heterocycles. The second kappa shape index (κ2) is 9.37. The lowest BCUT2D eigenvalue weighted by Crippen LogP contribution is -2.25. The van der Waals surface area contributed by atoms with Crippen molar-refractivity contribution in [1.82, 2.24) is 5.32 Å². The number of nitrogens with one attached hydrogen (secondary N) is 1. The molecule has 0 bridgehead atoms. The number of benzene rings is 2. The Morgan fingerprint density at radius 1 is 1.21 bits per heavy atom. The number of hydrogen-bond acceptors (Lipinski definition) is 4. The predicted octanol–water partition coefficient (Wildman–Crippen LogP) is 3.11. The van der Waals surface area contributed by atoms with E-state index in [4.69, 9.17) is 14.6 Å². The second-order valence-electron chi connectivity index (χ2n) is 7.01. The van der Waals surface area contributed by atoms with Crippen molar-refractivity contribution in [2.45, 2.75) is 38.8 Å². The molecule has 1 atom stereocenters. The Hall–Kier alpha value is -2.86. The van der Waals surface area contributed by atoms with E-state index in [-0.39, 0.29) is 24.0 Å². The van der Waals surface area contributed by atoms with E-state index in [1.807, 2.05) is 25.1 Å². The minimum Gasteiger partial charge on any atom is -0.491 e. The number of aromatic carboxylic acids is 1.